The Labute approximate surface area is 170 Å². The smallest absolute Gasteiger partial charge is 0.253 e. The monoisotopic (exact) mass is 391 g/mol. The number of nitrogens with one attached hydrogen (secondary N) is 3. The van der Waals surface area contributed by atoms with Crippen molar-refractivity contribution in [3.63, 3.8) is 0 Å². The van der Waals surface area contributed by atoms with Crippen LogP contribution in [0.1, 0.15) is 34.6 Å². The van der Waals surface area contributed by atoms with Gasteiger partial charge in [0.1, 0.15) is 5.76 Å². The molecule has 1 unspecified atom stereocenters. The minimum Gasteiger partial charge on any atom is -0.468 e. The fourth-order valence-electron chi connectivity index (χ4n) is 2.93. The van der Waals surface area contributed by atoms with Crippen molar-refractivity contribution in [2.45, 2.75) is 19.4 Å². The molecular formula is C23H25N3O3. The molecule has 3 N–H and O–H groups in total. The quantitative estimate of drug-likeness (QED) is 0.521. The van der Waals surface area contributed by atoms with Crippen LogP contribution < -0.4 is 16.0 Å². The number of benzene rings is 2. The van der Waals surface area contributed by atoms with E-state index in [4.69, 9.17) is 4.42 Å². The summed E-state index contributed by atoms with van der Waals surface area (Å²) in [5.74, 6) is 0.317. The van der Waals surface area contributed by atoms with Gasteiger partial charge in [-0.3, -0.25) is 14.9 Å². The molecule has 6 heteroatoms. The first-order chi connectivity index (χ1) is 14.1. The van der Waals surface area contributed by atoms with Crippen LogP contribution in [0.3, 0.4) is 0 Å². The molecule has 6 nitrogen and oxygen atoms in total. The highest BCUT2D eigenvalue weighted by Gasteiger charge is 2.14. The van der Waals surface area contributed by atoms with Gasteiger partial charge in [-0.2, -0.15) is 0 Å². The minimum absolute atomic E-state index is 0.0905. The summed E-state index contributed by atoms with van der Waals surface area (Å²) in [6, 6.07) is 20.5. The van der Waals surface area contributed by atoms with Crippen LogP contribution in [-0.4, -0.2) is 24.9 Å². The zero-order chi connectivity index (χ0) is 20.5. The van der Waals surface area contributed by atoms with Crippen molar-refractivity contribution in [3.8, 4) is 0 Å². The van der Waals surface area contributed by atoms with E-state index in [1.54, 1.807) is 36.6 Å². The number of rotatable bonds is 9. The van der Waals surface area contributed by atoms with Crippen molar-refractivity contribution in [2.24, 2.45) is 0 Å². The third kappa shape index (κ3) is 6.05. The van der Waals surface area contributed by atoms with Crippen molar-refractivity contribution in [1.29, 1.82) is 0 Å². The normalized spacial score (nSPS) is 11.6. The van der Waals surface area contributed by atoms with Crippen molar-refractivity contribution >= 4 is 17.5 Å². The topological polar surface area (TPSA) is 83.4 Å². The maximum Gasteiger partial charge on any atom is 0.253 e. The maximum atomic E-state index is 12.6. The predicted molar refractivity (Wildman–Crippen MR) is 113 cm³/mol. The van der Waals surface area contributed by atoms with Crippen molar-refractivity contribution in [2.75, 3.05) is 18.4 Å². The molecule has 0 bridgehead atoms. The third-order valence-electron chi connectivity index (χ3n) is 4.53. The lowest BCUT2D eigenvalue weighted by atomic mass is 10.1. The molecule has 0 aliphatic heterocycles. The molecule has 2 amide bonds. The number of amides is 2. The fourth-order valence-corrected chi connectivity index (χ4v) is 2.93. The number of para-hydroxylation sites is 1. The summed E-state index contributed by atoms with van der Waals surface area (Å²) in [4.78, 5) is 24.9. The van der Waals surface area contributed by atoms with Gasteiger partial charge in [-0.1, -0.05) is 42.5 Å². The first-order valence-corrected chi connectivity index (χ1v) is 9.61. The summed E-state index contributed by atoms with van der Waals surface area (Å²) in [7, 11) is 0. The van der Waals surface area contributed by atoms with Crippen LogP contribution in [0.25, 0.3) is 0 Å². The van der Waals surface area contributed by atoms with Gasteiger partial charge < -0.3 is 15.1 Å². The molecule has 150 valence electrons. The van der Waals surface area contributed by atoms with Crippen LogP contribution in [0, 0.1) is 0 Å². The second-order valence-electron chi connectivity index (χ2n) is 6.70. The van der Waals surface area contributed by atoms with Gasteiger partial charge in [-0.15, -0.1) is 0 Å². The Morgan fingerprint density at radius 1 is 0.966 bits per heavy atom. The Morgan fingerprint density at radius 2 is 1.72 bits per heavy atom. The average Bonchev–Trinajstić information content (AvgIpc) is 3.28. The fraction of sp³-hybridized carbons (Fsp3) is 0.217. The summed E-state index contributed by atoms with van der Waals surface area (Å²) >= 11 is 0. The molecule has 0 saturated carbocycles. The van der Waals surface area contributed by atoms with E-state index in [0.29, 0.717) is 17.8 Å². The molecule has 0 fully saturated rings. The first-order valence-electron chi connectivity index (χ1n) is 9.61. The van der Waals surface area contributed by atoms with Crippen molar-refractivity contribution < 1.29 is 14.0 Å². The molecule has 0 spiro atoms. The van der Waals surface area contributed by atoms with Gasteiger partial charge in [0.05, 0.1) is 30.1 Å². The number of hydrogen-bond donors (Lipinski definition) is 3. The standard InChI is InChI=1S/C23H25N3O3/c1-17(21-12-7-15-29-21)25-16-22(27)26-20-11-6-5-10-19(20)23(28)24-14-13-18-8-3-2-4-9-18/h2-12,15,17,25H,13-14,16H2,1H3,(H,24,28)(H,26,27). The molecule has 1 heterocycles. The lowest BCUT2D eigenvalue weighted by Gasteiger charge is -2.14. The van der Waals surface area contributed by atoms with Gasteiger partial charge in [-0.25, -0.2) is 0 Å². The van der Waals surface area contributed by atoms with Crippen LogP contribution in [0.15, 0.2) is 77.4 Å². The predicted octanol–water partition coefficient (Wildman–Crippen LogP) is 3.54. The second-order valence-corrected chi connectivity index (χ2v) is 6.70. The summed E-state index contributed by atoms with van der Waals surface area (Å²) in [6.07, 6.45) is 2.34. The van der Waals surface area contributed by atoms with Crippen LogP contribution in [0.5, 0.6) is 0 Å². The molecule has 0 aliphatic rings. The van der Waals surface area contributed by atoms with Gasteiger partial charge in [0.15, 0.2) is 0 Å². The second kappa shape index (κ2) is 10.2. The SMILES string of the molecule is CC(NCC(=O)Nc1ccccc1C(=O)NCCc1ccccc1)c1ccco1. The van der Waals surface area contributed by atoms with E-state index in [9.17, 15) is 9.59 Å². The number of carbonyl (C=O) groups excluding carboxylic acids is 2. The van der Waals surface area contributed by atoms with Crippen LogP contribution in [0.2, 0.25) is 0 Å². The highest BCUT2D eigenvalue weighted by molar-refractivity contribution is 6.04. The van der Waals surface area contributed by atoms with Gasteiger partial charge in [0.2, 0.25) is 5.91 Å². The molecule has 3 rings (SSSR count). The van der Waals surface area contributed by atoms with E-state index < -0.39 is 0 Å². The molecular weight excluding hydrogens is 366 g/mol. The highest BCUT2D eigenvalue weighted by Crippen LogP contribution is 2.15. The van der Waals surface area contributed by atoms with Crippen LogP contribution in [0.4, 0.5) is 5.69 Å². The van der Waals surface area contributed by atoms with Crippen molar-refractivity contribution in [1.82, 2.24) is 10.6 Å². The molecule has 0 aliphatic carbocycles. The largest absolute Gasteiger partial charge is 0.468 e. The molecule has 1 aromatic heterocycles. The zero-order valence-electron chi connectivity index (χ0n) is 16.4. The average molecular weight is 391 g/mol. The number of carbonyl (C=O) groups is 2. The molecule has 0 saturated heterocycles. The number of anilines is 1. The van der Waals surface area contributed by atoms with Gasteiger partial charge in [-0.05, 0) is 43.2 Å². The minimum atomic E-state index is -0.229. The van der Waals surface area contributed by atoms with Crippen LogP contribution in [-0.2, 0) is 11.2 Å². The molecule has 1 atom stereocenters. The van der Waals surface area contributed by atoms with Crippen LogP contribution >= 0.6 is 0 Å². The van der Waals surface area contributed by atoms with E-state index in [1.807, 2.05) is 43.3 Å². The van der Waals surface area contributed by atoms with E-state index in [-0.39, 0.29) is 24.4 Å². The van der Waals surface area contributed by atoms with E-state index in [2.05, 4.69) is 16.0 Å². The molecule has 2 aromatic carbocycles. The number of furan rings is 1. The summed E-state index contributed by atoms with van der Waals surface area (Å²) in [5.41, 5.74) is 2.08. The number of hydrogen-bond acceptors (Lipinski definition) is 4. The highest BCUT2D eigenvalue weighted by atomic mass is 16.3. The lowest BCUT2D eigenvalue weighted by molar-refractivity contribution is -0.115. The molecule has 3 aromatic rings. The summed E-state index contributed by atoms with van der Waals surface area (Å²) in [6.45, 7) is 2.54. The van der Waals surface area contributed by atoms with Gasteiger partial charge >= 0.3 is 0 Å². The van der Waals surface area contributed by atoms with Gasteiger partial charge in [0.25, 0.3) is 5.91 Å². The lowest BCUT2D eigenvalue weighted by Crippen LogP contribution is -2.31. The Kier molecular flexibility index (Phi) is 7.19. The molecule has 0 radical (unpaired) electrons. The maximum absolute atomic E-state index is 12.6. The van der Waals surface area contributed by atoms with E-state index >= 15 is 0 Å². The Bertz CT molecular complexity index is 924. The van der Waals surface area contributed by atoms with Gasteiger partial charge in [0, 0.05) is 6.54 Å². The van der Waals surface area contributed by atoms with E-state index in [1.165, 1.54) is 0 Å². The van der Waals surface area contributed by atoms with Crippen molar-refractivity contribution in [3.05, 3.63) is 89.9 Å². The zero-order valence-corrected chi connectivity index (χ0v) is 16.4. The summed E-state index contributed by atoms with van der Waals surface area (Å²) in [5, 5.41) is 8.82. The van der Waals surface area contributed by atoms with E-state index in [0.717, 1.165) is 17.7 Å². The Morgan fingerprint density at radius 3 is 2.48 bits per heavy atom. The Balaban J connectivity index is 1.52. The third-order valence-corrected chi connectivity index (χ3v) is 4.53. The Hall–Kier alpha value is -3.38. The molecule has 29 heavy (non-hydrogen) atoms. The first kappa shape index (κ1) is 20.4. The summed E-state index contributed by atoms with van der Waals surface area (Å²) < 4.78 is 5.32.